The van der Waals surface area contributed by atoms with Crippen LogP contribution in [0.5, 0.6) is 11.5 Å². The van der Waals surface area contributed by atoms with Gasteiger partial charge in [0.05, 0.1) is 0 Å². The minimum atomic E-state index is -4.90. The topological polar surface area (TPSA) is 113 Å². The summed E-state index contributed by atoms with van der Waals surface area (Å²) in [6, 6.07) is 2.34. The Morgan fingerprint density at radius 1 is 1.32 bits per heavy atom. The quantitative estimate of drug-likeness (QED) is 0.694. The zero-order chi connectivity index (χ0) is 22.6. The molecule has 0 radical (unpaired) electrons. The van der Waals surface area contributed by atoms with E-state index in [-0.39, 0.29) is 23.0 Å². The van der Waals surface area contributed by atoms with Crippen molar-refractivity contribution < 1.29 is 36.2 Å². The van der Waals surface area contributed by atoms with Crippen LogP contribution in [-0.4, -0.2) is 61.3 Å². The van der Waals surface area contributed by atoms with Crippen LogP contribution in [-0.2, 0) is 10.2 Å². The maximum absolute atomic E-state index is 12.7. The molecule has 9 nitrogen and oxygen atoms in total. The van der Waals surface area contributed by atoms with Crippen molar-refractivity contribution in [3.05, 3.63) is 23.8 Å². The van der Waals surface area contributed by atoms with Gasteiger partial charge in [0.2, 0.25) is 0 Å². The molecule has 3 aliphatic heterocycles. The molecule has 3 aliphatic rings. The number of ether oxygens (including phenoxy) is 2. The van der Waals surface area contributed by atoms with E-state index in [1.165, 1.54) is 6.07 Å². The normalized spacial score (nSPS) is 28.0. The third-order valence-electron chi connectivity index (χ3n) is 5.24. The fourth-order valence-corrected chi connectivity index (χ4v) is 4.65. The number of fused-ring (bicyclic) bond motifs is 1. The second kappa shape index (κ2) is 7.26. The number of benzene rings is 1. The molecule has 0 bridgehead atoms. The van der Waals surface area contributed by atoms with E-state index in [0.717, 1.165) is 25.0 Å². The molecule has 0 unspecified atom stereocenters. The Morgan fingerprint density at radius 2 is 2.00 bits per heavy atom. The summed E-state index contributed by atoms with van der Waals surface area (Å²) in [7, 11) is -4.01. The van der Waals surface area contributed by atoms with Gasteiger partial charge in [-0.2, -0.15) is 8.42 Å². The molecule has 0 aliphatic carbocycles. The third-order valence-corrected chi connectivity index (χ3v) is 6.10. The second-order valence-electron chi connectivity index (χ2n) is 8.01. The number of hydrogen-bond acceptors (Lipinski definition) is 7. The number of aliphatic imine (C=N–C) groups is 1. The van der Waals surface area contributed by atoms with Crippen LogP contribution < -0.4 is 14.2 Å². The molecule has 3 heterocycles. The van der Waals surface area contributed by atoms with Crippen LogP contribution >= 0.6 is 0 Å². The molecule has 4 rings (SSSR count). The highest BCUT2D eigenvalue weighted by atomic mass is 32.2. The van der Waals surface area contributed by atoms with Gasteiger partial charge in [0, 0.05) is 18.7 Å². The molecular formula is C18H21F3N4O5S. The molecule has 0 spiro atoms. The number of alkyl halides is 3. The minimum Gasteiger partial charge on any atom is -0.485 e. The molecule has 1 aromatic rings. The largest absolute Gasteiger partial charge is 0.573 e. The summed E-state index contributed by atoms with van der Waals surface area (Å²) in [6.07, 6.45) is -4.47. The molecule has 31 heavy (non-hydrogen) atoms. The first-order chi connectivity index (χ1) is 14.3. The Morgan fingerprint density at radius 3 is 2.65 bits per heavy atom. The number of rotatable bonds is 2. The summed E-state index contributed by atoms with van der Waals surface area (Å²) in [5.74, 6) is -0.248. The van der Waals surface area contributed by atoms with E-state index in [1.807, 2.05) is 0 Å². The first-order valence-corrected chi connectivity index (χ1v) is 11.0. The van der Waals surface area contributed by atoms with Crippen molar-refractivity contribution in [2.45, 2.75) is 50.8 Å². The molecular weight excluding hydrogens is 441 g/mol. The standard InChI is InChI=1S/C18H21F3N4O5S/c1-17(2)14(26)13(11-9-10(29-18(19,20)21)5-6-12(11)30-17)22-15-16(24-31(27,28)23-15)25-7-3-4-8-25/h5-6,9,13-14,26H,3-4,7-8H2,1-2H3,(H,22,23)/t13-,14+/m1/s1. The highest BCUT2D eigenvalue weighted by Gasteiger charge is 2.45. The smallest absolute Gasteiger partial charge is 0.485 e. The van der Waals surface area contributed by atoms with Crippen molar-refractivity contribution in [1.29, 1.82) is 0 Å². The Bertz CT molecular complexity index is 1050. The molecule has 170 valence electrons. The van der Waals surface area contributed by atoms with Crippen LogP contribution in [0, 0.1) is 0 Å². The van der Waals surface area contributed by atoms with Crippen molar-refractivity contribution in [3.63, 3.8) is 0 Å². The van der Waals surface area contributed by atoms with Gasteiger partial charge in [-0.05, 0) is 44.9 Å². The van der Waals surface area contributed by atoms with E-state index in [2.05, 4.69) is 18.8 Å². The van der Waals surface area contributed by atoms with Gasteiger partial charge in [-0.3, -0.25) is 4.99 Å². The molecule has 0 saturated carbocycles. The fourth-order valence-electron chi connectivity index (χ4n) is 3.79. The lowest BCUT2D eigenvalue weighted by atomic mass is 9.87. The van der Waals surface area contributed by atoms with Crippen LogP contribution in [0.25, 0.3) is 0 Å². The van der Waals surface area contributed by atoms with E-state index in [0.29, 0.717) is 13.1 Å². The molecule has 2 atom stereocenters. The monoisotopic (exact) mass is 462 g/mol. The predicted molar refractivity (Wildman–Crippen MR) is 104 cm³/mol. The number of aliphatic hydroxyl groups is 1. The lowest BCUT2D eigenvalue weighted by Gasteiger charge is -2.40. The number of hydrogen-bond donors (Lipinski definition) is 2. The van der Waals surface area contributed by atoms with Crippen molar-refractivity contribution in [3.8, 4) is 11.5 Å². The molecule has 0 amide bonds. The van der Waals surface area contributed by atoms with Gasteiger partial charge in [0.1, 0.15) is 29.2 Å². The Kier molecular flexibility index (Phi) is 5.08. The van der Waals surface area contributed by atoms with Crippen LogP contribution in [0.15, 0.2) is 27.6 Å². The lowest BCUT2D eigenvalue weighted by molar-refractivity contribution is -0.274. The summed E-state index contributed by atoms with van der Waals surface area (Å²) in [5, 5.41) is 10.9. The summed E-state index contributed by atoms with van der Waals surface area (Å²) >= 11 is 0. The number of aliphatic hydroxyl groups excluding tert-OH is 1. The predicted octanol–water partition coefficient (Wildman–Crippen LogP) is 1.90. The van der Waals surface area contributed by atoms with Crippen LogP contribution in [0.3, 0.4) is 0 Å². The summed E-state index contributed by atoms with van der Waals surface area (Å²) < 4.78 is 77.9. The van der Waals surface area contributed by atoms with Gasteiger partial charge in [-0.1, -0.05) is 0 Å². The number of nitrogens with zero attached hydrogens (tertiary/aromatic N) is 3. The second-order valence-corrected chi connectivity index (χ2v) is 9.34. The molecule has 13 heteroatoms. The van der Waals surface area contributed by atoms with Crippen LogP contribution in [0.2, 0.25) is 0 Å². The number of amidine groups is 2. The molecule has 1 saturated heterocycles. The first-order valence-electron chi connectivity index (χ1n) is 9.57. The van der Waals surface area contributed by atoms with Gasteiger partial charge in [0.15, 0.2) is 11.7 Å². The highest BCUT2D eigenvalue weighted by molar-refractivity contribution is 7.89. The van der Waals surface area contributed by atoms with E-state index < -0.39 is 40.1 Å². The van der Waals surface area contributed by atoms with Crippen molar-refractivity contribution in [2.75, 3.05) is 13.1 Å². The summed E-state index contributed by atoms with van der Waals surface area (Å²) in [5.41, 5.74) is -1.01. The van der Waals surface area contributed by atoms with Gasteiger partial charge < -0.3 is 19.5 Å². The van der Waals surface area contributed by atoms with Crippen molar-refractivity contribution in [1.82, 2.24) is 9.62 Å². The van der Waals surface area contributed by atoms with E-state index in [1.54, 1.807) is 18.7 Å². The summed E-state index contributed by atoms with van der Waals surface area (Å²) in [4.78, 5) is 6.16. The Balaban J connectivity index is 1.78. The van der Waals surface area contributed by atoms with Gasteiger partial charge in [-0.15, -0.1) is 17.6 Å². The number of nitrogens with one attached hydrogen (secondary N) is 1. The average molecular weight is 462 g/mol. The van der Waals surface area contributed by atoms with E-state index in [4.69, 9.17) is 4.74 Å². The molecule has 2 N–H and O–H groups in total. The molecule has 1 fully saturated rings. The van der Waals surface area contributed by atoms with Crippen LogP contribution in [0.1, 0.15) is 38.3 Å². The maximum Gasteiger partial charge on any atom is 0.573 e. The zero-order valence-corrected chi connectivity index (χ0v) is 17.5. The Labute approximate surface area is 176 Å². The zero-order valence-electron chi connectivity index (χ0n) is 16.7. The van der Waals surface area contributed by atoms with Crippen LogP contribution in [0.4, 0.5) is 13.2 Å². The average Bonchev–Trinajstić information content (AvgIpc) is 3.25. The highest BCUT2D eigenvalue weighted by Crippen LogP contribution is 2.44. The van der Waals surface area contributed by atoms with Crippen molar-refractivity contribution in [2.24, 2.45) is 9.39 Å². The third kappa shape index (κ3) is 4.42. The molecule has 1 aromatic carbocycles. The van der Waals surface area contributed by atoms with Crippen molar-refractivity contribution >= 4 is 21.9 Å². The first kappa shape index (κ1) is 21.7. The maximum atomic E-state index is 12.7. The number of likely N-dealkylation sites (tertiary alicyclic amines) is 1. The molecule has 0 aromatic heterocycles. The Hall–Kier alpha value is -2.54. The summed E-state index contributed by atoms with van der Waals surface area (Å²) in [6.45, 7) is 4.39. The minimum absolute atomic E-state index is 0.0725. The van der Waals surface area contributed by atoms with Gasteiger partial charge >= 0.3 is 16.6 Å². The SMILES string of the molecule is CC1(C)Oc2ccc(OC(F)(F)F)cc2[C@@H](N=C2NS(=O)(=O)N=C2N2CCCC2)[C@@H]1O. The number of halogens is 3. The van der Waals surface area contributed by atoms with E-state index in [9.17, 15) is 26.7 Å². The van der Waals surface area contributed by atoms with Gasteiger partial charge in [-0.25, -0.2) is 4.72 Å². The van der Waals surface area contributed by atoms with Gasteiger partial charge in [0.25, 0.3) is 0 Å². The fraction of sp³-hybridized carbons (Fsp3) is 0.556. The lowest BCUT2D eigenvalue weighted by Crippen LogP contribution is -2.49. The van der Waals surface area contributed by atoms with E-state index >= 15 is 0 Å².